The quantitative estimate of drug-likeness (QED) is 0.441. The average Bonchev–Trinajstić information content (AvgIpc) is 2.69. The molecule has 0 unspecified atom stereocenters. The van der Waals surface area contributed by atoms with E-state index in [4.69, 9.17) is 4.52 Å². The van der Waals surface area contributed by atoms with E-state index in [1.165, 1.54) is 0 Å². The van der Waals surface area contributed by atoms with Gasteiger partial charge in [0.05, 0.1) is 10.6 Å². The first-order valence-electron chi connectivity index (χ1n) is 8.40. The van der Waals surface area contributed by atoms with Crippen LogP contribution in [-0.4, -0.2) is 0 Å². The fourth-order valence-corrected chi connectivity index (χ4v) is 4.73. The Hall–Kier alpha value is -2.57. The summed E-state index contributed by atoms with van der Waals surface area (Å²) in [7, 11) is -3.24. The van der Waals surface area contributed by atoms with Gasteiger partial charge in [0.2, 0.25) is 0 Å². The lowest BCUT2D eigenvalue weighted by Crippen LogP contribution is -2.17. The largest absolute Gasteiger partial charge is 0.437 e. The van der Waals surface area contributed by atoms with Gasteiger partial charge in [0, 0.05) is 5.56 Å². The molecule has 0 saturated heterocycles. The summed E-state index contributed by atoms with van der Waals surface area (Å²) in [5, 5.41) is 1.39. The third kappa shape index (κ3) is 3.92. The van der Waals surface area contributed by atoms with Gasteiger partial charge in [-0.05, 0) is 36.8 Å². The van der Waals surface area contributed by atoms with Gasteiger partial charge < -0.3 is 4.52 Å². The Kier molecular flexibility index (Phi) is 5.53. The lowest BCUT2D eigenvalue weighted by molar-refractivity contribution is 0.480. The van der Waals surface area contributed by atoms with E-state index >= 15 is 0 Å². The van der Waals surface area contributed by atoms with Crippen LogP contribution in [0.3, 0.4) is 0 Å². The van der Waals surface area contributed by atoms with Crippen LogP contribution >= 0.6 is 7.37 Å². The van der Waals surface area contributed by atoms with Gasteiger partial charge >= 0.3 is 7.37 Å². The highest BCUT2D eigenvalue weighted by atomic mass is 31.2. The van der Waals surface area contributed by atoms with Crippen molar-refractivity contribution in [3.05, 3.63) is 103 Å². The van der Waals surface area contributed by atoms with Crippen molar-refractivity contribution in [1.82, 2.24) is 0 Å². The molecule has 0 saturated carbocycles. The number of rotatable bonds is 6. The van der Waals surface area contributed by atoms with E-state index < -0.39 is 7.37 Å². The molecule has 0 radical (unpaired) electrons. The lowest BCUT2D eigenvalue weighted by Gasteiger charge is -2.22. The van der Waals surface area contributed by atoms with E-state index in [-0.39, 0.29) is 0 Å². The fraction of sp³-hybridized carbons (Fsp3) is 0.0909. The molecule has 0 aromatic heterocycles. The molecule has 0 aliphatic rings. The van der Waals surface area contributed by atoms with E-state index in [1.54, 1.807) is 0 Å². The maximum atomic E-state index is 14.0. The third-order valence-electron chi connectivity index (χ3n) is 3.87. The third-order valence-corrected chi connectivity index (χ3v) is 6.28. The molecular formula is C22H21O2P. The summed E-state index contributed by atoms with van der Waals surface area (Å²) in [4.78, 5) is 0. The van der Waals surface area contributed by atoms with E-state index in [0.717, 1.165) is 12.0 Å². The van der Waals surface area contributed by atoms with Crippen LogP contribution in [0.25, 0.3) is 5.76 Å². The fourth-order valence-electron chi connectivity index (χ4n) is 2.64. The SMILES string of the molecule is CC/C=C(/OP(=O)(c1ccccc1)c1ccccc1)c1ccccc1. The molecule has 25 heavy (non-hydrogen) atoms. The van der Waals surface area contributed by atoms with Crippen LogP contribution in [0.4, 0.5) is 0 Å². The van der Waals surface area contributed by atoms with Gasteiger partial charge in [0.15, 0.2) is 0 Å². The Labute approximate surface area is 149 Å². The van der Waals surface area contributed by atoms with Crippen molar-refractivity contribution in [1.29, 1.82) is 0 Å². The minimum Gasteiger partial charge on any atom is -0.437 e. The summed E-state index contributed by atoms with van der Waals surface area (Å²) in [5.74, 6) is 0.652. The predicted molar refractivity (Wildman–Crippen MR) is 106 cm³/mol. The van der Waals surface area contributed by atoms with E-state index in [1.807, 2.05) is 104 Å². The van der Waals surface area contributed by atoms with Crippen molar-refractivity contribution in [2.45, 2.75) is 13.3 Å². The Morgan fingerprint density at radius 2 is 1.24 bits per heavy atom. The molecule has 0 heterocycles. The maximum absolute atomic E-state index is 14.0. The summed E-state index contributed by atoms with van der Waals surface area (Å²) in [6.45, 7) is 2.04. The van der Waals surface area contributed by atoms with Crippen molar-refractivity contribution < 1.29 is 9.09 Å². The van der Waals surface area contributed by atoms with Crippen LogP contribution in [-0.2, 0) is 9.09 Å². The molecule has 0 bridgehead atoms. The Morgan fingerprint density at radius 3 is 1.68 bits per heavy atom. The molecule has 0 aliphatic carbocycles. The van der Waals surface area contributed by atoms with E-state index in [9.17, 15) is 4.57 Å². The molecule has 0 fully saturated rings. The van der Waals surface area contributed by atoms with Crippen LogP contribution in [0, 0.1) is 0 Å². The molecule has 3 heteroatoms. The molecular weight excluding hydrogens is 327 g/mol. The summed E-state index contributed by atoms with van der Waals surface area (Å²) >= 11 is 0. The van der Waals surface area contributed by atoms with Gasteiger partial charge in [-0.3, -0.25) is 4.57 Å². The minimum absolute atomic E-state index is 0.652. The van der Waals surface area contributed by atoms with Crippen molar-refractivity contribution in [3.8, 4) is 0 Å². The number of hydrogen-bond acceptors (Lipinski definition) is 2. The molecule has 0 amide bonds. The number of hydrogen-bond donors (Lipinski definition) is 0. The highest BCUT2D eigenvalue weighted by Gasteiger charge is 2.30. The van der Waals surface area contributed by atoms with Crippen molar-refractivity contribution >= 4 is 23.7 Å². The second-order valence-electron chi connectivity index (χ2n) is 5.66. The number of allylic oxidation sites excluding steroid dienone is 1. The van der Waals surface area contributed by atoms with Crippen molar-refractivity contribution in [2.75, 3.05) is 0 Å². The topological polar surface area (TPSA) is 26.3 Å². The van der Waals surface area contributed by atoms with Crippen molar-refractivity contribution in [2.24, 2.45) is 0 Å². The zero-order valence-corrected chi connectivity index (χ0v) is 15.1. The van der Waals surface area contributed by atoms with Crippen LogP contribution < -0.4 is 10.6 Å². The smallest absolute Gasteiger partial charge is 0.306 e. The van der Waals surface area contributed by atoms with Crippen LogP contribution in [0.2, 0.25) is 0 Å². The molecule has 126 valence electrons. The van der Waals surface area contributed by atoms with Crippen LogP contribution in [0.1, 0.15) is 18.9 Å². The summed E-state index contributed by atoms with van der Waals surface area (Å²) in [5.41, 5.74) is 0.927. The molecule has 3 aromatic rings. The van der Waals surface area contributed by atoms with Gasteiger partial charge in [-0.15, -0.1) is 0 Å². The summed E-state index contributed by atoms with van der Waals surface area (Å²) in [6.07, 6.45) is 2.78. The van der Waals surface area contributed by atoms with E-state index in [0.29, 0.717) is 16.4 Å². The molecule has 0 aliphatic heterocycles. The summed E-state index contributed by atoms with van der Waals surface area (Å²) in [6, 6.07) is 28.7. The lowest BCUT2D eigenvalue weighted by atomic mass is 10.2. The predicted octanol–water partition coefficient (Wildman–Crippen LogP) is 5.38. The van der Waals surface area contributed by atoms with Gasteiger partial charge in [-0.2, -0.15) is 0 Å². The monoisotopic (exact) mass is 348 g/mol. The van der Waals surface area contributed by atoms with E-state index in [2.05, 4.69) is 0 Å². The molecule has 0 N–H and O–H groups in total. The summed E-state index contributed by atoms with van der Waals surface area (Å²) < 4.78 is 20.3. The van der Waals surface area contributed by atoms with Crippen LogP contribution in [0.5, 0.6) is 0 Å². The Bertz CT molecular complexity index is 828. The molecule has 2 nitrogen and oxygen atoms in total. The van der Waals surface area contributed by atoms with Gasteiger partial charge in [-0.25, -0.2) is 0 Å². The standard InChI is InChI=1S/C22H21O2P/c1-2-12-22(19-13-6-3-7-14-19)24-25(23,20-15-8-4-9-16-20)21-17-10-5-11-18-21/h3-18H,2H2,1H3/b22-12+. The maximum Gasteiger partial charge on any atom is 0.306 e. The molecule has 3 aromatic carbocycles. The van der Waals surface area contributed by atoms with Crippen LogP contribution in [0.15, 0.2) is 97.1 Å². The first-order chi connectivity index (χ1) is 12.2. The van der Waals surface area contributed by atoms with Gasteiger partial charge in [0.1, 0.15) is 5.76 Å². The average molecular weight is 348 g/mol. The highest BCUT2D eigenvalue weighted by molar-refractivity contribution is 7.74. The Morgan fingerprint density at radius 1 is 0.800 bits per heavy atom. The first kappa shape index (κ1) is 17.3. The molecule has 0 spiro atoms. The first-order valence-corrected chi connectivity index (χ1v) is 10.0. The second-order valence-corrected chi connectivity index (χ2v) is 7.97. The second kappa shape index (κ2) is 8.00. The zero-order valence-electron chi connectivity index (χ0n) is 14.2. The zero-order chi connectivity index (χ0) is 17.5. The minimum atomic E-state index is -3.24. The number of benzene rings is 3. The molecule has 3 rings (SSSR count). The van der Waals surface area contributed by atoms with Gasteiger partial charge in [-0.1, -0.05) is 73.7 Å². The van der Waals surface area contributed by atoms with Gasteiger partial charge in [0.25, 0.3) is 0 Å². The molecule has 0 atom stereocenters. The normalized spacial score (nSPS) is 12.0. The van der Waals surface area contributed by atoms with Crippen molar-refractivity contribution in [3.63, 3.8) is 0 Å². The Balaban J connectivity index is 2.10. The highest BCUT2D eigenvalue weighted by Crippen LogP contribution is 2.48.